The number of aromatic nitrogens is 1. The first-order valence-corrected chi connectivity index (χ1v) is 5.80. The third-order valence-electron chi connectivity index (χ3n) is 2.20. The lowest BCUT2D eigenvalue weighted by Gasteiger charge is -2.19. The zero-order valence-corrected chi connectivity index (χ0v) is 11.0. The van der Waals surface area contributed by atoms with Crippen LogP contribution in [0, 0.1) is 17.2 Å². The maximum atomic E-state index is 11.0. The summed E-state index contributed by atoms with van der Waals surface area (Å²) in [5.74, 6) is -0.783. The van der Waals surface area contributed by atoms with Crippen molar-refractivity contribution >= 4 is 27.7 Å². The lowest BCUT2D eigenvalue weighted by atomic mass is 10.0. The summed E-state index contributed by atoms with van der Waals surface area (Å²) in [6.07, 6.45) is 1.52. The number of carboxylic acid groups (broad SMARTS) is 1. The van der Waals surface area contributed by atoms with Crippen molar-refractivity contribution in [1.29, 1.82) is 5.26 Å². The van der Waals surface area contributed by atoms with Crippen molar-refractivity contribution in [2.45, 2.75) is 19.9 Å². The molecule has 90 valence electrons. The van der Waals surface area contributed by atoms with Crippen LogP contribution in [0.1, 0.15) is 19.4 Å². The first kappa shape index (κ1) is 13.5. The van der Waals surface area contributed by atoms with Gasteiger partial charge in [-0.05, 0) is 27.9 Å². The van der Waals surface area contributed by atoms with E-state index >= 15 is 0 Å². The van der Waals surface area contributed by atoms with Crippen molar-refractivity contribution in [3.8, 4) is 6.07 Å². The van der Waals surface area contributed by atoms with Crippen LogP contribution in [0.4, 0.5) is 5.82 Å². The Kier molecular flexibility index (Phi) is 4.46. The fourth-order valence-corrected chi connectivity index (χ4v) is 1.63. The van der Waals surface area contributed by atoms with Crippen LogP contribution >= 0.6 is 15.9 Å². The number of pyridine rings is 1. The number of nitrogens with one attached hydrogen (secondary N) is 1. The van der Waals surface area contributed by atoms with Crippen molar-refractivity contribution < 1.29 is 9.90 Å². The van der Waals surface area contributed by atoms with Gasteiger partial charge in [0.15, 0.2) is 0 Å². The lowest BCUT2D eigenvalue weighted by molar-refractivity contribution is -0.138. The number of hydrogen-bond acceptors (Lipinski definition) is 4. The Labute approximate surface area is 108 Å². The second-order valence-corrected chi connectivity index (χ2v) is 4.78. The highest BCUT2D eigenvalue weighted by Gasteiger charge is 2.22. The van der Waals surface area contributed by atoms with E-state index in [2.05, 4.69) is 26.2 Å². The highest BCUT2D eigenvalue weighted by Crippen LogP contribution is 2.19. The maximum Gasteiger partial charge on any atom is 0.326 e. The summed E-state index contributed by atoms with van der Waals surface area (Å²) in [7, 11) is 0. The SMILES string of the molecule is CC(C)[C@H](Nc1ncc(Br)cc1C#N)C(=O)O. The van der Waals surface area contributed by atoms with Crippen LogP contribution in [0.15, 0.2) is 16.7 Å². The Hall–Kier alpha value is -1.61. The fraction of sp³-hybridized carbons (Fsp3) is 0.364. The van der Waals surface area contributed by atoms with Crippen molar-refractivity contribution in [3.63, 3.8) is 0 Å². The summed E-state index contributed by atoms with van der Waals surface area (Å²) < 4.78 is 0.677. The third kappa shape index (κ3) is 3.43. The van der Waals surface area contributed by atoms with E-state index in [4.69, 9.17) is 10.4 Å². The quantitative estimate of drug-likeness (QED) is 0.890. The van der Waals surface area contributed by atoms with E-state index < -0.39 is 12.0 Å². The number of aliphatic carboxylic acids is 1. The molecule has 0 saturated heterocycles. The smallest absolute Gasteiger partial charge is 0.326 e. The number of nitriles is 1. The number of carboxylic acids is 1. The molecule has 0 radical (unpaired) electrons. The highest BCUT2D eigenvalue weighted by molar-refractivity contribution is 9.10. The van der Waals surface area contributed by atoms with Gasteiger partial charge in [-0.2, -0.15) is 5.26 Å². The van der Waals surface area contributed by atoms with Gasteiger partial charge in [0.2, 0.25) is 0 Å². The van der Waals surface area contributed by atoms with Gasteiger partial charge in [0.25, 0.3) is 0 Å². The topological polar surface area (TPSA) is 86.0 Å². The zero-order chi connectivity index (χ0) is 13.0. The monoisotopic (exact) mass is 297 g/mol. The molecule has 0 aromatic carbocycles. The summed E-state index contributed by atoms with van der Waals surface area (Å²) in [6, 6.07) is 2.80. The number of rotatable bonds is 4. The van der Waals surface area contributed by atoms with E-state index in [-0.39, 0.29) is 11.7 Å². The molecule has 17 heavy (non-hydrogen) atoms. The van der Waals surface area contributed by atoms with E-state index in [1.807, 2.05) is 6.07 Å². The fourth-order valence-electron chi connectivity index (χ4n) is 1.30. The minimum Gasteiger partial charge on any atom is -0.480 e. The molecular formula is C11H12BrN3O2. The number of hydrogen-bond donors (Lipinski definition) is 2. The van der Waals surface area contributed by atoms with Gasteiger partial charge in [0.1, 0.15) is 17.9 Å². The molecule has 1 heterocycles. The van der Waals surface area contributed by atoms with Gasteiger partial charge in [-0.15, -0.1) is 0 Å². The number of anilines is 1. The second kappa shape index (κ2) is 5.64. The van der Waals surface area contributed by atoms with E-state index in [1.165, 1.54) is 6.20 Å². The minimum absolute atomic E-state index is 0.107. The molecule has 1 rings (SSSR count). The first-order chi connectivity index (χ1) is 7.95. The van der Waals surface area contributed by atoms with E-state index in [9.17, 15) is 4.79 Å². The third-order valence-corrected chi connectivity index (χ3v) is 2.63. The molecule has 0 fully saturated rings. The van der Waals surface area contributed by atoms with E-state index in [0.29, 0.717) is 10.0 Å². The van der Waals surface area contributed by atoms with Crippen LogP contribution < -0.4 is 5.32 Å². The zero-order valence-electron chi connectivity index (χ0n) is 9.44. The van der Waals surface area contributed by atoms with Gasteiger partial charge in [-0.25, -0.2) is 9.78 Å². The average Bonchev–Trinajstić information content (AvgIpc) is 2.26. The van der Waals surface area contributed by atoms with Crippen LogP contribution in [0.3, 0.4) is 0 Å². The predicted octanol–water partition coefficient (Wildman–Crippen LogP) is 2.24. The Bertz CT molecular complexity index is 468. The summed E-state index contributed by atoms with van der Waals surface area (Å²) in [5.41, 5.74) is 0.311. The van der Waals surface area contributed by atoms with E-state index in [1.54, 1.807) is 19.9 Å². The summed E-state index contributed by atoms with van der Waals surface area (Å²) in [6.45, 7) is 3.58. The molecule has 0 aliphatic carbocycles. The standard InChI is InChI=1S/C11H12BrN3O2/c1-6(2)9(11(16)17)15-10-7(4-13)3-8(12)5-14-10/h3,5-6,9H,1-2H3,(H,14,15)(H,16,17)/t9-/m0/s1. The normalized spacial score (nSPS) is 11.9. The average molecular weight is 298 g/mol. The molecule has 0 saturated carbocycles. The van der Waals surface area contributed by atoms with Crippen molar-refractivity contribution in [1.82, 2.24) is 4.98 Å². The molecule has 0 aliphatic rings. The van der Waals surface area contributed by atoms with Gasteiger partial charge in [-0.1, -0.05) is 13.8 Å². The van der Waals surface area contributed by atoms with Crippen LogP contribution in [-0.2, 0) is 4.79 Å². The summed E-state index contributed by atoms with van der Waals surface area (Å²) in [4.78, 5) is 15.0. The van der Waals surface area contributed by atoms with Crippen LogP contribution in [0.5, 0.6) is 0 Å². The number of halogens is 1. The molecule has 0 aliphatic heterocycles. The predicted molar refractivity (Wildman–Crippen MR) is 66.5 cm³/mol. The molecule has 0 unspecified atom stereocenters. The Morgan fingerprint density at radius 3 is 2.76 bits per heavy atom. The van der Waals surface area contributed by atoms with Crippen molar-refractivity contribution in [2.75, 3.05) is 5.32 Å². The highest BCUT2D eigenvalue weighted by atomic mass is 79.9. The van der Waals surface area contributed by atoms with Crippen molar-refractivity contribution in [2.24, 2.45) is 5.92 Å². The molecule has 1 atom stereocenters. The second-order valence-electron chi connectivity index (χ2n) is 3.87. The van der Waals surface area contributed by atoms with Gasteiger partial charge >= 0.3 is 5.97 Å². The molecular weight excluding hydrogens is 286 g/mol. The lowest BCUT2D eigenvalue weighted by Crippen LogP contribution is -2.34. The molecule has 1 aromatic rings. The molecule has 0 amide bonds. The van der Waals surface area contributed by atoms with Gasteiger partial charge in [-0.3, -0.25) is 0 Å². The minimum atomic E-state index is -0.964. The summed E-state index contributed by atoms with van der Waals surface area (Å²) >= 11 is 3.20. The van der Waals surface area contributed by atoms with Crippen LogP contribution in [0.25, 0.3) is 0 Å². The molecule has 5 nitrogen and oxygen atoms in total. The Balaban J connectivity index is 3.02. The first-order valence-electron chi connectivity index (χ1n) is 5.00. The summed E-state index contributed by atoms with van der Waals surface area (Å²) in [5, 5.41) is 20.7. The number of carbonyl (C=O) groups is 1. The molecule has 1 aromatic heterocycles. The Morgan fingerprint density at radius 1 is 1.65 bits per heavy atom. The molecule has 0 bridgehead atoms. The number of nitrogens with zero attached hydrogens (tertiary/aromatic N) is 2. The largest absolute Gasteiger partial charge is 0.480 e. The van der Waals surface area contributed by atoms with Crippen LogP contribution in [-0.4, -0.2) is 22.1 Å². The van der Waals surface area contributed by atoms with Gasteiger partial charge in [0.05, 0.1) is 5.56 Å². The van der Waals surface area contributed by atoms with Gasteiger partial charge < -0.3 is 10.4 Å². The maximum absolute atomic E-state index is 11.0. The van der Waals surface area contributed by atoms with Gasteiger partial charge in [0, 0.05) is 10.7 Å². The Morgan fingerprint density at radius 2 is 2.29 bits per heavy atom. The molecule has 2 N–H and O–H groups in total. The van der Waals surface area contributed by atoms with Crippen molar-refractivity contribution in [3.05, 3.63) is 22.3 Å². The molecule has 6 heteroatoms. The molecule has 0 spiro atoms. The van der Waals surface area contributed by atoms with Crippen LogP contribution in [0.2, 0.25) is 0 Å². The van der Waals surface area contributed by atoms with E-state index in [0.717, 1.165) is 0 Å².